The monoisotopic (exact) mass is 414 g/mol. The van der Waals surface area contributed by atoms with E-state index < -0.39 is 11.7 Å². The highest BCUT2D eigenvalue weighted by molar-refractivity contribution is 6.33. The zero-order valence-corrected chi connectivity index (χ0v) is 16.1. The Balaban J connectivity index is 1.93. The predicted octanol–water partition coefficient (Wildman–Crippen LogP) is 4.53. The molecule has 0 heterocycles. The van der Waals surface area contributed by atoms with Crippen LogP contribution in [0.5, 0.6) is 11.5 Å². The van der Waals surface area contributed by atoms with Crippen LogP contribution in [-0.4, -0.2) is 32.4 Å². The van der Waals surface area contributed by atoms with Gasteiger partial charge in [0, 0.05) is 5.56 Å². The standard InChI is InChI=1S/C18H17Cl2FN2O4/c1-3-26-18-14(20)6-11(7-16(18)25-2)9-22-27-10-17(24)23-15-5-4-12(21)8-13(15)19/h4-9H,3,10H2,1-2H3,(H,23,24)/b22-9-. The zero-order valence-electron chi connectivity index (χ0n) is 14.6. The van der Waals surface area contributed by atoms with Crippen molar-refractivity contribution in [3.05, 3.63) is 51.8 Å². The average molecular weight is 415 g/mol. The summed E-state index contributed by atoms with van der Waals surface area (Å²) in [4.78, 5) is 16.8. The second-order valence-corrected chi connectivity index (χ2v) is 5.96. The number of nitrogens with zero attached hydrogens (tertiary/aromatic N) is 1. The average Bonchev–Trinajstić information content (AvgIpc) is 2.63. The molecule has 1 amide bonds. The van der Waals surface area contributed by atoms with Gasteiger partial charge in [-0.05, 0) is 37.3 Å². The maximum Gasteiger partial charge on any atom is 0.265 e. The van der Waals surface area contributed by atoms with Gasteiger partial charge in [0.15, 0.2) is 18.1 Å². The molecule has 2 rings (SSSR count). The van der Waals surface area contributed by atoms with E-state index in [0.29, 0.717) is 28.7 Å². The number of anilines is 1. The second kappa shape index (κ2) is 9.99. The fourth-order valence-electron chi connectivity index (χ4n) is 2.07. The summed E-state index contributed by atoms with van der Waals surface area (Å²) >= 11 is 12.0. The van der Waals surface area contributed by atoms with E-state index in [4.69, 9.17) is 37.5 Å². The molecule has 0 saturated carbocycles. The van der Waals surface area contributed by atoms with Gasteiger partial charge in [0.1, 0.15) is 5.82 Å². The van der Waals surface area contributed by atoms with Crippen LogP contribution in [-0.2, 0) is 9.63 Å². The van der Waals surface area contributed by atoms with Crippen molar-refractivity contribution in [2.45, 2.75) is 6.92 Å². The van der Waals surface area contributed by atoms with Gasteiger partial charge in [-0.3, -0.25) is 4.79 Å². The van der Waals surface area contributed by atoms with Crippen molar-refractivity contribution >= 4 is 41.0 Å². The Morgan fingerprint density at radius 1 is 1.26 bits per heavy atom. The van der Waals surface area contributed by atoms with E-state index in [9.17, 15) is 9.18 Å². The van der Waals surface area contributed by atoms with Crippen LogP contribution in [0, 0.1) is 5.82 Å². The summed E-state index contributed by atoms with van der Waals surface area (Å²) in [6.07, 6.45) is 1.38. The van der Waals surface area contributed by atoms with Gasteiger partial charge < -0.3 is 19.6 Å². The molecule has 0 aliphatic heterocycles. The van der Waals surface area contributed by atoms with Crippen LogP contribution in [0.3, 0.4) is 0 Å². The van der Waals surface area contributed by atoms with Crippen molar-refractivity contribution < 1.29 is 23.5 Å². The molecular formula is C18H17Cl2FN2O4. The number of amides is 1. The van der Waals surface area contributed by atoms with Crippen molar-refractivity contribution in [1.29, 1.82) is 0 Å². The fourth-order valence-corrected chi connectivity index (χ4v) is 2.56. The zero-order chi connectivity index (χ0) is 19.8. The smallest absolute Gasteiger partial charge is 0.265 e. The molecule has 0 spiro atoms. The Labute approximate surface area is 165 Å². The lowest BCUT2D eigenvalue weighted by atomic mass is 10.2. The number of carbonyl (C=O) groups is 1. The van der Waals surface area contributed by atoms with Crippen LogP contribution in [0.4, 0.5) is 10.1 Å². The molecule has 0 saturated heterocycles. The summed E-state index contributed by atoms with van der Waals surface area (Å²) in [5, 5.41) is 6.66. The first kappa shape index (κ1) is 20.8. The quantitative estimate of drug-likeness (QED) is 0.508. The highest BCUT2D eigenvalue weighted by Crippen LogP contribution is 2.36. The minimum absolute atomic E-state index is 0.0861. The van der Waals surface area contributed by atoms with Crippen molar-refractivity contribution in [1.82, 2.24) is 0 Å². The Bertz CT molecular complexity index is 846. The maximum absolute atomic E-state index is 13.0. The number of hydrogen-bond donors (Lipinski definition) is 1. The Morgan fingerprint density at radius 2 is 2.04 bits per heavy atom. The van der Waals surface area contributed by atoms with E-state index in [1.165, 1.54) is 25.5 Å². The number of benzene rings is 2. The van der Waals surface area contributed by atoms with Crippen LogP contribution >= 0.6 is 23.2 Å². The number of rotatable bonds is 8. The van der Waals surface area contributed by atoms with Gasteiger partial charge in [0.2, 0.25) is 0 Å². The number of nitrogens with one attached hydrogen (secondary N) is 1. The lowest BCUT2D eigenvalue weighted by Crippen LogP contribution is -2.17. The van der Waals surface area contributed by atoms with Gasteiger partial charge in [0.25, 0.3) is 5.91 Å². The Morgan fingerprint density at radius 3 is 2.70 bits per heavy atom. The van der Waals surface area contributed by atoms with Crippen molar-refractivity contribution in [3.63, 3.8) is 0 Å². The number of hydrogen-bond acceptors (Lipinski definition) is 5. The van der Waals surface area contributed by atoms with Gasteiger partial charge in [-0.15, -0.1) is 0 Å². The molecule has 2 aromatic rings. The van der Waals surface area contributed by atoms with E-state index in [0.717, 1.165) is 6.07 Å². The molecule has 0 aliphatic rings. The molecule has 0 fully saturated rings. The molecule has 0 aliphatic carbocycles. The minimum atomic E-state index is -0.497. The van der Waals surface area contributed by atoms with Crippen molar-refractivity contribution in [2.75, 3.05) is 25.6 Å². The largest absolute Gasteiger partial charge is 0.493 e. The van der Waals surface area contributed by atoms with Gasteiger partial charge in [-0.2, -0.15) is 0 Å². The number of carbonyl (C=O) groups excluding carboxylic acids is 1. The van der Waals surface area contributed by atoms with E-state index in [-0.39, 0.29) is 17.3 Å². The number of halogens is 3. The molecule has 0 atom stereocenters. The Kier molecular flexibility index (Phi) is 7.69. The van der Waals surface area contributed by atoms with E-state index in [1.807, 2.05) is 6.92 Å². The molecule has 0 unspecified atom stereocenters. The second-order valence-electron chi connectivity index (χ2n) is 5.15. The van der Waals surface area contributed by atoms with Gasteiger partial charge in [-0.25, -0.2) is 4.39 Å². The summed E-state index contributed by atoms with van der Waals surface area (Å²) in [5.41, 5.74) is 0.876. The third-order valence-electron chi connectivity index (χ3n) is 3.22. The number of methoxy groups -OCH3 is 1. The molecule has 0 radical (unpaired) electrons. The summed E-state index contributed by atoms with van der Waals surface area (Å²) in [6.45, 7) is 1.93. The van der Waals surface area contributed by atoms with E-state index in [2.05, 4.69) is 10.5 Å². The summed E-state index contributed by atoms with van der Waals surface area (Å²) in [7, 11) is 1.50. The molecule has 2 aromatic carbocycles. The van der Waals surface area contributed by atoms with Crippen molar-refractivity contribution in [2.24, 2.45) is 5.16 Å². The first-order valence-corrected chi connectivity index (χ1v) is 8.60. The Hall–Kier alpha value is -2.51. The highest BCUT2D eigenvalue weighted by Gasteiger charge is 2.11. The number of ether oxygens (including phenoxy) is 2. The molecular weight excluding hydrogens is 398 g/mol. The third kappa shape index (κ3) is 6.01. The first-order valence-electron chi connectivity index (χ1n) is 7.85. The van der Waals surface area contributed by atoms with Crippen LogP contribution in [0.15, 0.2) is 35.5 Å². The molecule has 144 valence electrons. The molecule has 6 nitrogen and oxygen atoms in total. The highest BCUT2D eigenvalue weighted by atomic mass is 35.5. The summed E-state index contributed by atoms with van der Waals surface area (Å²) < 4.78 is 23.6. The molecule has 9 heteroatoms. The van der Waals surface area contributed by atoms with Crippen LogP contribution in [0.2, 0.25) is 10.0 Å². The summed E-state index contributed by atoms with van der Waals surface area (Å²) in [6, 6.07) is 6.93. The van der Waals surface area contributed by atoms with Gasteiger partial charge >= 0.3 is 0 Å². The molecule has 0 bridgehead atoms. The SMILES string of the molecule is CCOc1c(Cl)cc(/C=N\OCC(=O)Nc2ccc(F)cc2Cl)cc1OC. The van der Waals surface area contributed by atoms with Crippen LogP contribution in [0.1, 0.15) is 12.5 Å². The normalized spacial score (nSPS) is 10.7. The molecule has 1 N–H and O–H groups in total. The third-order valence-corrected chi connectivity index (χ3v) is 3.81. The fraction of sp³-hybridized carbons (Fsp3) is 0.222. The number of oxime groups is 1. The van der Waals surface area contributed by atoms with Gasteiger partial charge in [-0.1, -0.05) is 28.4 Å². The predicted molar refractivity (Wildman–Crippen MR) is 103 cm³/mol. The van der Waals surface area contributed by atoms with Gasteiger partial charge in [0.05, 0.1) is 35.7 Å². The van der Waals surface area contributed by atoms with Crippen LogP contribution < -0.4 is 14.8 Å². The molecule has 27 heavy (non-hydrogen) atoms. The first-order chi connectivity index (χ1) is 12.9. The van der Waals surface area contributed by atoms with E-state index in [1.54, 1.807) is 12.1 Å². The van der Waals surface area contributed by atoms with Crippen LogP contribution in [0.25, 0.3) is 0 Å². The maximum atomic E-state index is 13.0. The molecule has 0 aromatic heterocycles. The lowest BCUT2D eigenvalue weighted by Gasteiger charge is -2.11. The van der Waals surface area contributed by atoms with E-state index >= 15 is 0 Å². The summed E-state index contributed by atoms with van der Waals surface area (Å²) in [5.74, 6) is -0.101. The minimum Gasteiger partial charge on any atom is -0.493 e. The lowest BCUT2D eigenvalue weighted by molar-refractivity contribution is -0.120. The topological polar surface area (TPSA) is 69.2 Å². The van der Waals surface area contributed by atoms with Crippen molar-refractivity contribution in [3.8, 4) is 11.5 Å².